The fourth-order valence-corrected chi connectivity index (χ4v) is 3.70. The van der Waals surface area contributed by atoms with E-state index in [1.807, 2.05) is 49.4 Å². The van der Waals surface area contributed by atoms with Crippen LogP contribution >= 0.6 is 0 Å². The third-order valence-electron chi connectivity index (χ3n) is 5.20. The first kappa shape index (κ1) is 18.3. The lowest BCUT2D eigenvalue weighted by Gasteiger charge is -2.35. The molecule has 1 atom stereocenters. The van der Waals surface area contributed by atoms with Gasteiger partial charge in [-0.1, -0.05) is 24.3 Å². The number of fused-ring (bicyclic) bond motifs is 2. The molecule has 0 saturated carbocycles. The van der Waals surface area contributed by atoms with Gasteiger partial charge in [0.05, 0.1) is 0 Å². The summed E-state index contributed by atoms with van der Waals surface area (Å²) in [5.74, 6) is 0.840. The fraction of sp³-hybridized carbons (Fsp3) is 0.364. The number of nitrogens with zero attached hydrogens (tertiary/aromatic N) is 1. The van der Waals surface area contributed by atoms with Gasteiger partial charge in [-0.05, 0) is 55.5 Å². The summed E-state index contributed by atoms with van der Waals surface area (Å²) < 4.78 is 15.9. The van der Waals surface area contributed by atoms with Crippen molar-refractivity contribution in [3.63, 3.8) is 0 Å². The predicted octanol–water partition coefficient (Wildman–Crippen LogP) is 3.26. The Labute approximate surface area is 164 Å². The molecule has 2 aliphatic rings. The molecule has 0 bridgehead atoms. The monoisotopic (exact) mass is 381 g/mol. The molecule has 0 N–H and O–H groups in total. The van der Waals surface area contributed by atoms with E-state index < -0.39 is 0 Å². The van der Waals surface area contributed by atoms with Crippen LogP contribution in [0.25, 0.3) is 0 Å². The molecule has 146 valence electrons. The van der Waals surface area contributed by atoms with E-state index in [4.69, 9.17) is 14.2 Å². The number of esters is 1. The lowest BCUT2D eigenvalue weighted by atomic mass is 9.96. The third-order valence-corrected chi connectivity index (χ3v) is 5.20. The Bertz CT molecular complexity index is 894. The summed E-state index contributed by atoms with van der Waals surface area (Å²) in [6.45, 7) is 2.01. The molecule has 6 heteroatoms. The molecule has 28 heavy (non-hydrogen) atoms. The predicted molar refractivity (Wildman–Crippen MR) is 104 cm³/mol. The maximum absolute atomic E-state index is 12.7. The Morgan fingerprint density at radius 3 is 2.86 bits per heavy atom. The molecule has 2 aromatic carbocycles. The minimum absolute atomic E-state index is 0.0923. The maximum Gasteiger partial charge on any atom is 0.306 e. The first-order chi connectivity index (χ1) is 13.6. The average Bonchev–Trinajstić information content (AvgIpc) is 3.18. The van der Waals surface area contributed by atoms with Gasteiger partial charge in [-0.3, -0.25) is 9.59 Å². The molecule has 0 spiro atoms. The Balaban J connectivity index is 1.30. The number of carbonyl (C=O) groups excluding carboxylic acids is 2. The zero-order valence-corrected chi connectivity index (χ0v) is 15.8. The molecule has 0 radical (unpaired) electrons. The van der Waals surface area contributed by atoms with E-state index in [1.165, 1.54) is 0 Å². The molecule has 1 unspecified atom stereocenters. The lowest BCUT2D eigenvalue weighted by molar-refractivity contribution is -0.147. The van der Waals surface area contributed by atoms with Gasteiger partial charge in [0, 0.05) is 18.2 Å². The van der Waals surface area contributed by atoms with Gasteiger partial charge in [0.25, 0.3) is 5.91 Å². The molecule has 2 heterocycles. The molecular weight excluding hydrogens is 358 g/mol. The van der Waals surface area contributed by atoms with E-state index in [0.717, 1.165) is 29.7 Å². The number of ether oxygens (including phenoxy) is 3. The van der Waals surface area contributed by atoms with E-state index in [-0.39, 0.29) is 37.7 Å². The van der Waals surface area contributed by atoms with Gasteiger partial charge >= 0.3 is 5.97 Å². The third kappa shape index (κ3) is 3.81. The second-order valence-electron chi connectivity index (χ2n) is 7.13. The summed E-state index contributed by atoms with van der Waals surface area (Å²) in [7, 11) is 0. The van der Waals surface area contributed by atoms with Crippen molar-refractivity contribution >= 4 is 17.6 Å². The van der Waals surface area contributed by atoms with E-state index in [9.17, 15) is 9.59 Å². The molecule has 4 rings (SSSR count). The largest absolute Gasteiger partial charge is 0.456 e. The van der Waals surface area contributed by atoms with Crippen LogP contribution in [0, 0.1) is 0 Å². The van der Waals surface area contributed by atoms with Crippen molar-refractivity contribution in [2.45, 2.75) is 38.6 Å². The molecule has 0 aliphatic carbocycles. The van der Waals surface area contributed by atoms with Crippen LogP contribution in [0.3, 0.4) is 0 Å². The van der Waals surface area contributed by atoms with Gasteiger partial charge in [0.1, 0.15) is 0 Å². The highest BCUT2D eigenvalue weighted by Gasteiger charge is 2.28. The minimum atomic E-state index is -0.385. The average molecular weight is 381 g/mol. The number of amides is 1. The van der Waals surface area contributed by atoms with E-state index in [2.05, 4.69) is 0 Å². The van der Waals surface area contributed by atoms with Crippen molar-refractivity contribution in [1.82, 2.24) is 0 Å². The molecule has 0 fully saturated rings. The van der Waals surface area contributed by atoms with Crippen LogP contribution in [0.15, 0.2) is 42.5 Å². The van der Waals surface area contributed by atoms with Gasteiger partial charge in [0.15, 0.2) is 18.1 Å². The molecule has 1 amide bonds. The topological polar surface area (TPSA) is 65.1 Å². The summed E-state index contributed by atoms with van der Waals surface area (Å²) in [6.07, 6.45) is 2.59. The number of anilines is 1. The Kier molecular flexibility index (Phi) is 5.19. The van der Waals surface area contributed by atoms with Crippen LogP contribution in [0.2, 0.25) is 0 Å². The molecule has 0 aromatic heterocycles. The van der Waals surface area contributed by atoms with Gasteiger partial charge in [-0.2, -0.15) is 0 Å². The number of rotatable bonds is 5. The summed E-state index contributed by atoms with van der Waals surface area (Å²) in [5, 5.41) is 0. The van der Waals surface area contributed by atoms with Crippen LogP contribution in [0.5, 0.6) is 11.5 Å². The summed E-state index contributed by atoms with van der Waals surface area (Å²) in [6, 6.07) is 13.6. The van der Waals surface area contributed by atoms with E-state index in [0.29, 0.717) is 17.9 Å². The highest BCUT2D eigenvalue weighted by atomic mass is 16.7. The Morgan fingerprint density at radius 2 is 1.96 bits per heavy atom. The van der Waals surface area contributed by atoms with Crippen molar-refractivity contribution in [3.05, 3.63) is 53.6 Å². The van der Waals surface area contributed by atoms with Crippen LogP contribution < -0.4 is 14.4 Å². The van der Waals surface area contributed by atoms with Crippen LogP contribution in [-0.4, -0.2) is 31.3 Å². The first-order valence-corrected chi connectivity index (χ1v) is 9.56. The van der Waals surface area contributed by atoms with Gasteiger partial charge in [-0.15, -0.1) is 0 Å². The quantitative estimate of drug-likeness (QED) is 0.744. The first-order valence-electron chi connectivity index (χ1n) is 9.56. The van der Waals surface area contributed by atoms with Crippen molar-refractivity contribution < 1.29 is 23.8 Å². The summed E-state index contributed by atoms with van der Waals surface area (Å²) in [4.78, 5) is 26.6. The highest BCUT2D eigenvalue weighted by molar-refractivity contribution is 5.96. The molecule has 0 saturated heterocycles. The smallest absolute Gasteiger partial charge is 0.306 e. The fourth-order valence-electron chi connectivity index (χ4n) is 3.70. The standard InChI is InChI=1S/C22H23NO5/c1-15-6-9-17-4-2-3-5-18(17)23(15)21(24)13-26-22(25)11-8-16-7-10-19-20(12-16)28-14-27-19/h2-5,7,10,12,15H,6,8-9,11,13-14H2,1H3. The van der Waals surface area contributed by atoms with Crippen LogP contribution in [0.4, 0.5) is 5.69 Å². The summed E-state index contributed by atoms with van der Waals surface area (Å²) in [5.41, 5.74) is 3.04. The van der Waals surface area contributed by atoms with E-state index >= 15 is 0 Å². The van der Waals surface area contributed by atoms with Crippen LogP contribution in [-0.2, 0) is 27.2 Å². The molecular formula is C22H23NO5. The molecule has 2 aromatic rings. The normalized spacial score (nSPS) is 17.2. The zero-order chi connectivity index (χ0) is 19.5. The van der Waals surface area contributed by atoms with Crippen molar-refractivity contribution in [2.24, 2.45) is 0 Å². The highest BCUT2D eigenvalue weighted by Crippen LogP contribution is 2.33. The molecule has 6 nitrogen and oxygen atoms in total. The van der Waals surface area contributed by atoms with Crippen molar-refractivity contribution in [3.8, 4) is 11.5 Å². The zero-order valence-electron chi connectivity index (χ0n) is 15.8. The van der Waals surface area contributed by atoms with Crippen molar-refractivity contribution in [1.29, 1.82) is 0 Å². The number of benzene rings is 2. The second kappa shape index (κ2) is 7.92. The van der Waals surface area contributed by atoms with Gasteiger partial charge in [0.2, 0.25) is 6.79 Å². The lowest BCUT2D eigenvalue weighted by Crippen LogP contribution is -2.44. The number of carbonyl (C=O) groups is 2. The number of para-hydroxylation sites is 1. The van der Waals surface area contributed by atoms with Crippen LogP contribution in [0.1, 0.15) is 30.9 Å². The Hall–Kier alpha value is -3.02. The Morgan fingerprint density at radius 1 is 1.14 bits per heavy atom. The van der Waals surface area contributed by atoms with E-state index in [1.54, 1.807) is 4.90 Å². The number of hydrogen-bond acceptors (Lipinski definition) is 5. The number of hydrogen-bond donors (Lipinski definition) is 0. The van der Waals surface area contributed by atoms with Crippen molar-refractivity contribution in [2.75, 3.05) is 18.3 Å². The number of aryl methyl sites for hydroxylation is 2. The second-order valence-corrected chi connectivity index (χ2v) is 7.13. The van der Waals surface area contributed by atoms with Gasteiger partial charge < -0.3 is 19.1 Å². The van der Waals surface area contributed by atoms with Gasteiger partial charge in [-0.25, -0.2) is 0 Å². The summed E-state index contributed by atoms with van der Waals surface area (Å²) >= 11 is 0. The SMILES string of the molecule is CC1CCc2ccccc2N1C(=O)COC(=O)CCc1ccc2c(c1)OCO2. The maximum atomic E-state index is 12.7. The molecule has 2 aliphatic heterocycles. The minimum Gasteiger partial charge on any atom is -0.456 e.